The molecule has 1 aliphatic heterocycles. The van der Waals surface area contributed by atoms with E-state index >= 15 is 0 Å². The van der Waals surface area contributed by atoms with Crippen LogP contribution in [0.2, 0.25) is 0 Å². The molecule has 1 saturated heterocycles. The SMILES string of the molecule is COC(=O)[C@@H](N=[N+]=[N-])[C@@H]1C[C@H](OC(C)=O)[C@@H](OC(C)=O)[C@H](n2cnc3nc(NC(C)=O)ncc32)O1. The van der Waals surface area contributed by atoms with Gasteiger partial charge in [-0.3, -0.25) is 29.1 Å². The largest absolute Gasteiger partial charge is 0.469 e. The molecule has 0 aliphatic carbocycles. The maximum absolute atomic E-state index is 12.3. The number of hydrogen-bond donors (Lipinski definition) is 1. The lowest BCUT2D eigenvalue weighted by Gasteiger charge is -2.41. The summed E-state index contributed by atoms with van der Waals surface area (Å²) in [6.07, 6.45) is -2.08. The van der Waals surface area contributed by atoms with Crippen LogP contribution in [0.1, 0.15) is 33.4 Å². The number of methoxy groups -OCH3 is 1. The fourth-order valence-electron chi connectivity index (χ4n) is 3.63. The summed E-state index contributed by atoms with van der Waals surface area (Å²) in [4.78, 5) is 62.4. The average molecular weight is 490 g/mol. The van der Waals surface area contributed by atoms with Crippen molar-refractivity contribution in [3.8, 4) is 0 Å². The summed E-state index contributed by atoms with van der Waals surface area (Å²) in [6.45, 7) is 3.63. The molecule has 3 heterocycles. The number of anilines is 1. The molecule has 186 valence electrons. The van der Waals surface area contributed by atoms with Gasteiger partial charge in [0.15, 0.2) is 24.0 Å². The van der Waals surface area contributed by atoms with E-state index in [1.54, 1.807) is 0 Å². The maximum atomic E-state index is 12.3. The van der Waals surface area contributed by atoms with E-state index in [4.69, 9.17) is 24.5 Å². The van der Waals surface area contributed by atoms with E-state index in [2.05, 4.69) is 30.3 Å². The number of imidazole rings is 1. The number of rotatable bonds is 7. The molecule has 0 radical (unpaired) electrons. The third kappa shape index (κ3) is 5.80. The van der Waals surface area contributed by atoms with Crippen LogP contribution in [0.15, 0.2) is 17.6 Å². The van der Waals surface area contributed by atoms with Gasteiger partial charge in [0.2, 0.25) is 11.9 Å². The zero-order valence-corrected chi connectivity index (χ0v) is 19.1. The lowest BCUT2D eigenvalue weighted by molar-refractivity contribution is -0.226. The van der Waals surface area contributed by atoms with Crippen molar-refractivity contribution in [2.45, 2.75) is 57.8 Å². The average Bonchev–Trinajstić information content (AvgIpc) is 3.20. The third-order valence-corrected chi connectivity index (χ3v) is 4.91. The lowest BCUT2D eigenvalue weighted by Crippen LogP contribution is -2.53. The predicted octanol–water partition coefficient (Wildman–Crippen LogP) is 0.787. The van der Waals surface area contributed by atoms with Gasteiger partial charge in [-0.25, -0.2) is 9.97 Å². The Kier molecular flexibility index (Phi) is 7.78. The van der Waals surface area contributed by atoms with E-state index in [0.717, 1.165) is 7.11 Å². The first-order valence-corrected chi connectivity index (χ1v) is 10.2. The number of ether oxygens (including phenoxy) is 4. The second-order valence-electron chi connectivity index (χ2n) is 7.43. The van der Waals surface area contributed by atoms with Crippen LogP contribution in [0.3, 0.4) is 0 Å². The predicted molar refractivity (Wildman–Crippen MR) is 114 cm³/mol. The van der Waals surface area contributed by atoms with E-state index in [9.17, 15) is 19.2 Å². The summed E-state index contributed by atoms with van der Waals surface area (Å²) in [7, 11) is 1.11. The first kappa shape index (κ1) is 25.3. The van der Waals surface area contributed by atoms with Gasteiger partial charge in [-0.15, -0.1) is 0 Å². The molecular weight excluding hydrogens is 468 g/mol. The standard InChI is InChI=1S/C19H22N8O8/c1-8(28)23-19-21-6-11-16(24-19)22-7-27(11)17-15(34-10(3)30)13(33-9(2)29)5-12(35-17)14(25-26-20)18(31)32-4/h6-7,12-15,17H,5H2,1-4H3,(H,21,23,24,28)/t12-,13-,14-,15+,17+/m0/s1. The van der Waals surface area contributed by atoms with Crippen molar-refractivity contribution in [3.63, 3.8) is 0 Å². The maximum Gasteiger partial charge on any atom is 0.317 e. The Morgan fingerprint density at radius 3 is 2.54 bits per heavy atom. The minimum Gasteiger partial charge on any atom is -0.469 e. The zero-order valence-electron chi connectivity index (χ0n) is 19.1. The van der Waals surface area contributed by atoms with Crippen molar-refractivity contribution < 1.29 is 38.1 Å². The number of hydrogen-bond acceptors (Lipinski definition) is 12. The highest BCUT2D eigenvalue weighted by atomic mass is 16.6. The molecular formula is C19H22N8O8. The number of carbonyl (C=O) groups excluding carboxylic acids is 4. The summed E-state index contributed by atoms with van der Waals surface area (Å²) in [5, 5.41) is 5.92. The summed E-state index contributed by atoms with van der Waals surface area (Å²) in [5.41, 5.74) is 9.43. The Morgan fingerprint density at radius 1 is 1.23 bits per heavy atom. The topological polar surface area (TPSA) is 210 Å². The van der Waals surface area contributed by atoms with Gasteiger partial charge in [0, 0.05) is 32.1 Å². The molecule has 0 aromatic carbocycles. The van der Waals surface area contributed by atoms with Crippen molar-refractivity contribution >= 4 is 40.9 Å². The first-order valence-electron chi connectivity index (χ1n) is 10.2. The van der Waals surface area contributed by atoms with Crippen LogP contribution in [0.25, 0.3) is 21.6 Å². The van der Waals surface area contributed by atoms with Crippen LogP contribution in [-0.2, 0) is 38.1 Å². The van der Waals surface area contributed by atoms with Crippen molar-refractivity contribution in [3.05, 3.63) is 23.0 Å². The molecule has 16 heteroatoms. The summed E-state index contributed by atoms with van der Waals surface area (Å²) < 4.78 is 23.0. The Balaban J connectivity index is 2.10. The molecule has 3 rings (SSSR count). The molecule has 16 nitrogen and oxygen atoms in total. The molecule has 0 spiro atoms. The van der Waals surface area contributed by atoms with Crippen LogP contribution < -0.4 is 5.32 Å². The normalized spacial score (nSPS) is 22.4. The Morgan fingerprint density at radius 2 is 1.94 bits per heavy atom. The molecule has 0 bridgehead atoms. The van der Waals surface area contributed by atoms with E-state index in [0.29, 0.717) is 5.52 Å². The van der Waals surface area contributed by atoms with Crippen LogP contribution in [0, 0.1) is 0 Å². The van der Waals surface area contributed by atoms with Crippen molar-refractivity contribution in [2.75, 3.05) is 12.4 Å². The number of carbonyl (C=O) groups is 4. The summed E-state index contributed by atoms with van der Waals surface area (Å²) in [6, 6.07) is -1.43. The highest BCUT2D eigenvalue weighted by Gasteiger charge is 2.48. The number of fused-ring (bicyclic) bond motifs is 1. The molecule has 1 amide bonds. The number of nitrogens with one attached hydrogen (secondary N) is 1. The van der Waals surface area contributed by atoms with Crippen molar-refractivity contribution in [1.29, 1.82) is 0 Å². The van der Waals surface area contributed by atoms with Gasteiger partial charge in [-0.05, 0) is 5.53 Å². The molecule has 1 fully saturated rings. The van der Waals surface area contributed by atoms with E-state index < -0.39 is 48.5 Å². The van der Waals surface area contributed by atoms with E-state index in [1.807, 2.05) is 0 Å². The van der Waals surface area contributed by atoms with Crippen LogP contribution in [0.5, 0.6) is 0 Å². The first-order chi connectivity index (χ1) is 16.6. The van der Waals surface area contributed by atoms with Gasteiger partial charge in [-0.2, -0.15) is 4.98 Å². The molecule has 0 saturated carbocycles. The highest BCUT2D eigenvalue weighted by Crippen LogP contribution is 2.36. The quantitative estimate of drug-likeness (QED) is 0.188. The third-order valence-electron chi connectivity index (χ3n) is 4.91. The minimum atomic E-state index is -1.43. The number of nitrogens with zero attached hydrogens (tertiary/aromatic N) is 7. The second-order valence-corrected chi connectivity index (χ2v) is 7.43. The highest BCUT2D eigenvalue weighted by molar-refractivity contribution is 5.87. The van der Waals surface area contributed by atoms with Crippen LogP contribution in [0.4, 0.5) is 5.95 Å². The van der Waals surface area contributed by atoms with Gasteiger partial charge in [-0.1, -0.05) is 5.11 Å². The minimum absolute atomic E-state index is 0.0149. The van der Waals surface area contributed by atoms with Gasteiger partial charge in [0.25, 0.3) is 0 Å². The van der Waals surface area contributed by atoms with Gasteiger partial charge in [0.1, 0.15) is 11.6 Å². The van der Waals surface area contributed by atoms with Crippen LogP contribution >= 0.6 is 0 Å². The van der Waals surface area contributed by atoms with Crippen LogP contribution in [-0.4, -0.2) is 74.8 Å². The molecule has 1 N–H and O–H groups in total. The van der Waals surface area contributed by atoms with Crippen molar-refractivity contribution in [1.82, 2.24) is 19.5 Å². The van der Waals surface area contributed by atoms with Gasteiger partial charge < -0.3 is 18.9 Å². The molecule has 0 unspecified atom stereocenters. The zero-order chi connectivity index (χ0) is 25.7. The van der Waals surface area contributed by atoms with E-state index in [1.165, 1.54) is 37.9 Å². The molecule has 35 heavy (non-hydrogen) atoms. The van der Waals surface area contributed by atoms with Gasteiger partial charge >= 0.3 is 17.9 Å². The number of amides is 1. The fraction of sp³-hybridized carbons (Fsp3) is 0.526. The number of aromatic nitrogens is 4. The molecule has 2 aromatic rings. The van der Waals surface area contributed by atoms with Gasteiger partial charge in [0.05, 0.1) is 25.7 Å². The Labute approximate surface area is 197 Å². The second kappa shape index (κ2) is 10.8. The molecule has 5 atom stereocenters. The number of esters is 3. The summed E-state index contributed by atoms with van der Waals surface area (Å²) >= 11 is 0. The molecule has 2 aromatic heterocycles. The van der Waals surface area contributed by atoms with Crippen molar-refractivity contribution in [2.24, 2.45) is 5.11 Å². The summed E-state index contributed by atoms with van der Waals surface area (Å²) in [5.74, 6) is -2.61. The number of azide groups is 1. The fourth-order valence-corrected chi connectivity index (χ4v) is 3.63. The Hall–Kier alpha value is -4.30. The van der Waals surface area contributed by atoms with E-state index in [-0.39, 0.29) is 23.9 Å². The smallest absolute Gasteiger partial charge is 0.317 e. The molecule has 1 aliphatic rings. The monoisotopic (exact) mass is 490 g/mol. The Bertz CT molecular complexity index is 1190. The lowest BCUT2D eigenvalue weighted by atomic mass is 9.96.